The fourth-order valence-corrected chi connectivity index (χ4v) is 7.51. The van der Waals surface area contributed by atoms with Crippen LogP contribution >= 0.6 is 0 Å². The van der Waals surface area contributed by atoms with Crippen molar-refractivity contribution in [2.45, 2.75) is 69.4 Å². The number of phenols is 1. The van der Waals surface area contributed by atoms with E-state index in [0.29, 0.717) is 17.7 Å². The molecule has 1 saturated carbocycles. The van der Waals surface area contributed by atoms with E-state index in [2.05, 4.69) is 55.3 Å². The van der Waals surface area contributed by atoms with Gasteiger partial charge < -0.3 is 14.7 Å². The van der Waals surface area contributed by atoms with Crippen molar-refractivity contribution < 1.29 is 14.6 Å². The van der Waals surface area contributed by atoms with Gasteiger partial charge in [-0.3, -0.25) is 4.79 Å². The lowest BCUT2D eigenvalue weighted by Crippen LogP contribution is -2.68. The lowest BCUT2D eigenvalue weighted by molar-refractivity contribution is -0.154. The molecule has 4 aliphatic rings. The first-order valence-corrected chi connectivity index (χ1v) is 12.2. The Kier molecular flexibility index (Phi) is 4.49. The molecule has 4 nitrogen and oxygen atoms in total. The molecular weight excluding hydrogens is 398 g/mol. The predicted octanol–water partition coefficient (Wildman–Crippen LogP) is 4.66. The molecule has 1 saturated heterocycles. The zero-order chi connectivity index (χ0) is 22.1. The van der Waals surface area contributed by atoms with Crippen LogP contribution in [0.3, 0.4) is 0 Å². The Labute approximate surface area is 190 Å². The molecule has 6 rings (SSSR count). The van der Waals surface area contributed by atoms with E-state index < -0.39 is 6.10 Å². The minimum Gasteiger partial charge on any atom is -0.504 e. The number of hydrogen-bond donors (Lipinski definition) is 1. The van der Waals surface area contributed by atoms with Gasteiger partial charge in [-0.15, -0.1) is 0 Å². The molecule has 1 N–H and O–H groups in total. The second kappa shape index (κ2) is 7.08. The average Bonchev–Trinajstić information content (AvgIpc) is 3.15. The molecule has 2 fully saturated rings. The largest absolute Gasteiger partial charge is 0.504 e. The number of hydrogen-bond acceptors (Lipinski definition) is 4. The van der Waals surface area contributed by atoms with Crippen LogP contribution in [0, 0.1) is 11.3 Å². The fraction of sp³-hybridized carbons (Fsp3) is 0.536. The SMILES string of the molecule is CN1CC[C@]23c4c5ccc(O)c4OC2C(=O)[C@](C)(CCCCc2ccccc2)C[C@H]3[C@H]1C5. The van der Waals surface area contributed by atoms with Crippen LogP contribution in [0.25, 0.3) is 0 Å². The highest BCUT2D eigenvalue weighted by atomic mass is 16.5. The number of rotatable bonds is 5. The molecule has 4 heteroatoms. The molecule has 0 aromatic heterocycles. The maximum absolute atomic E-state index is 14.0. The number of piperidine rings is 1. The topological polar surface area (TPSA) is 49.8 Å². The van der Waals surface area contributed by atoms with Gasteiger partial charge in [0.2, 0.25) is 0 Å². The third kappa shape index (κ3) is 2.68. The summed E-state index contributed by atoms with van der Waals surface area (Å²) in [7, 11) is 2.24. The smallest absolute Gasteiger partial charge is 0.180 e. The molecule has 0 amide bonds. The van der Waals surface area contributed by atoms with E-state index >= 15 is 0 Å². The monoisotopic (exact) mass is 431 g/mol. The number of nitrogens with zero attached hydrogens (tertiary/aromatic N) is 1. The number of phenolic OH excluding ortho intramolecular Hbond substituents is 1. The Bertz CT molecular complexity index is 1070. The van der Waals surface area contributed by atoms with Crippen LogP contribution in [0.5, 0.6) is 11.5 Å². The first-order valence-electron chi connectivity index (χ1n) is 12.2. The van der Waals surface area contributed by atoms with Crippen LogP contribution in [0.2, 0.25) is 0 Å². The summed E-state index contributed by atoms with van der Waals surface area (Å²) in [6.45, 7) is 3.17. The maximum Gasteiger partial charge on any atom is 0.180 e. The molecule has 2 aliphatic heterocycles. The maximum atomic E-state index is 14.0. The van der Waals surface area contributed by atoms with Crippen LogP contribution in [-0.4, -0.2) is 41.5 Å². The Hall–Kier alpha value is -2.33. The minimum atomic E-state index is -0.445. The van der Waals surface area contributed by atoms with Crippen LogP contribution < -0.4 is 4.74 Å². The number of aromatic hydroxyl groups is 1. The first kappa shape index (κ1) is 20.3. The highest BCUT2D eigenvalue weighted by Crippen LogP contribution is 2.65. The zero-order valence-electron chi connectivity index (χ0n) is 19.1. The molecule has 0 radical (unpaired) electrons. The van der Waals surface area contributed by atoms with Gasteiger partial charge in [0.1, 0.15) is 0 Å². The molecule has 2 aromatic carbocycles. The summed E-state index contributed by atoms with van der Waals surface area (Å²) in [6.07, 6.45) is 6.54. The Balaban J connectivity index is 1.30. The zero-order valence-corrected chi connectivity index (χ0v) is 19.1. The van der Waals surface area contributed by atoms with E-state index in [4.69, 9.17) is 4.74 Å². The van der Waals surface area contributed by atoms with Gasteiger partial charge in [-0.1, -0.05) is 49.7 Å². The second-order valence-electron chi connectivity index (χ2n) is 10.9. The Morgan fingerprint density at radius 1 is 1.16 bits per heavy atom. The summed E-state index contributed by atoms with van der Waals surface area (Å²) in [5.74, 6) is 1.46. The molecule has 2 aromatic rings. The van der Waals surface area contributed by atoms with Crippen molar-refractivity contribution in [3.63, 3.8) is 0 Å². The molecule has 2 bridgehead atoms. The van der Waals surface area contributed by atoms with Crippen molar-refractivity contribution in [3.05, 3.63) is 59.2 Å². The van der Waals surface area contributed by atoms with Gasteiger partial charge in [0, 0.05) is 22.4 Å². The summed E-state index contributed by atoms with van der Waals surface area (Å²) in [5, 5.41) is 10.6. The third-order valence-corrected chi connectivity index (χ3v) is 9.18. The van der Waals surface area contributed by atoms with Gasteiger partial charge >= 0.3 is 0 Å². The van der Waals surface area contributed by atoms with Crippen LogP contribution in [-0.2, 0) is 23.1 Å². The van der Waals surface area contributed by atoms with Gasteiger partial charge in [0.05, 0.1) is 0 Å². The highest BCUT2D eigenvalue weighted by molar-refractivity contribution is 5.93. The molecular formula is C28H33NO3. The second-order valence-corrected chi connectivity index (χ2v) is 10.9. The first-order chi connectivity index (χ1) is 15.4. The van der Waals surface area contributed by atoms with Crippen molar-refractivity contribution in [2.75, 3.05) is 13.6 Å². The van der Waals surface area contributed by atoms with E-state index in [-0.39, 0.29) is 22.4 Å². The summed E-state index contributed by atoms with van der Waals surface area (Å²) >= 11 is 0. The van der Waals surface area contributed by atoms with Crippen LogP contribution in [0.15, 0.2) is 42.5 Å². The van der Waals surface area contributed by atoms with Crippen LogP contribution in [0.4, 0.5) is 0 Å². The van der Waals surface area contributed by atoms with Crippen molar-refractivity contribution in [3.8, 4) is 11.5 Å². The quantitative estimate of drug-likeness (QED) is 0.700. The number of aryl methyl sites for hydroxylation is 1. The summed E-state index contributed by atoms with van der Waals surface area (Å²) in [5.41, 5.74) is 3.19. The third-order valence-electron chi connectivity index (χ3n) is 9.18. The molecule has 1 spiro atoms. The van der Waals surface area contributed by atoms with Crippen LogP contribution in [0.1, 0.15) is 55.7 Å². The predicted molar refractivity (Wildman–Crippen MR) is 124 cm³/mol. The number of ether oxygens (including phenoxy) is 1. The molecule has 5 atom stereocenters. The van der Waals surface area contributed by atoms with Gasteiger partial charge in [-0.25, -0.2) is 0 Å². The number of Topliss-reactive ketones (excluding diaryl/α,β-unsaturated/α-hetero) is 1. The number of benzene rings is 2. The molecule has 168 valence electrons. The van der Waals surface area contributed by atoms with Crippen molar-refractivity contribution in [2.24, 2.45) is 11.3 Å². The van der Waals surface area contributed by atoms with Crippen molar-refractivity contribution >= 4 is 5.78 Å². The summed E-state index contributed by atoms with van der Waals surface area (Å²) in [4.78, 5) is 16.5. The number of likely N-dealkylation sites (tertiary alicyclic amines) is 1. The van der Waals surface area contributed by atoms with E-state index in [9.17, 15) is 9.90 Å². The van der Waals surface area contributed by atoms with Crippen molar-refractivity contribution in [1.29, 1.82) is 0 Å². The van der Waals surface area contributed by atoms with Gasteiger partial charge in [0.25, 0.3) is 0 Å². The van der Waals surface area contributed by atoms with Crippen molar-refractivity contribution in [1.82, 2.24) is 4.90 Å². The number of carbonyl (C=O) groups is 1. The minimum absolute atomic E-state index is 0.195. The van der Waals surface area contributed by atoms with E-state index in [0.717, 1.165) is 57.1 Å². The summed E-state index contributed by atoms with van der Waals surface area (Å²) in [6, 6.07) is 14.9. The van der Waals surface area contributed by atoms with Gasteiger partial charge in [-0.2, -0.15) is 0 Å². The number of likely N-dealkylation sites (N-methyl/N-ethyl adjacent to an activating group) is 1. The number of ketones is 1. The molecule has 1 unspecified atom stereocenters. The molecule has 2 aliphatic carbocycles. The Morgan fingerprint density at radius 2 is 1.97 bits per heavy atom. The van der Waals surface area contributed by atoms with Gasteiger partial charge in [-0.05, 0) is 75.2 Å². The highest BCUT2D eigenvalue weighted by Gasteiger charge is 2.69. The van der Waals surface area contributed by atoms with E-state index in [1.165, 1.54) is 11.1 Å². The normalized spacial score (nSPS) is 34.8. The number of carbonyl (C=O) groups excluding carboxylic acids is 1. The Morgan fingerprint density at radius 3 is 2.78 bits per heavy atom. The standard InChI is InChI=1S/C28H33NO3/c1-27(13-7-6-10-18-8-4-3-5-9-18)17-20-21-16-19-11-12-22(30)24-23(19)28(20,14-15-29(21)2)26(32-24)25(27)31/h3-5,8-9,11-12,20-21,26,30H,6-7,10,13-17H2,1-2H3/t20-,21+,26?,27+,28-/m0/s1. The number of unbranched alkanes of at least 4 members (excludes halogenated alkanes) is 1. The molecule has 2 heterocycles. The lowest BCUT2D eigenvalue weighted by Gasteiger charge is -2.60. The summed E-state index contributed by atoms with van der Waals surface area (Å²) < 4.78 is 6.41. The fourth-order valence-electron chi connectivity index (χ4n) is 7.51. The van der Waals surface area contributed by atoms with Gasteiger partial charge in [0.15, 0.2) is 23.4 Å². The molecule has 32 heavy (non-hydrogen) atoms. The average molecular weight is 432 g/mol. The lowest BCUT2D eigenvalue weighted by atomic mass is 9.47. The van der Waals surface area contributed by atoms with E-state index in [1.54, 1.807) is 6.07 Å². The van der Waals surface area contributed by atoms with E-state index in [1.807, 2.05) is 0 Å².